The van der Waals surface area contributed by atoms with Crippen LogP contribution in [-0.4, -0.2) is 26.3 Å². The van der Waals surface area contributed by atoms with Gasteiger partial charge in [0.05, 0.1) is 5.69 Å². The van der Waals surface area contributed by atoms with Crippen LogP contribution in [0.5, 0.6) is 5.75 Å². The van der Waals surface area contributed by atoms with Gasteiger partial charge in [-0.3, -0.25) is 9.59 Å². The summed E-state index contributed by atoms with van der Waals surface area (Å²) in [5.41, 5.74) is -0.702. The van der Waals surface area contributed by atoms with Gasteiger partial charge in [-0.1, -0.05) is 15.9 Å². The number of aromatic nitrogens is 2. The summed E-state index contributed by atoms with van der Waals surface area (Å²) in [5.74, 6) is -0.990. The van der Waals surface area contributed by atoms with E-state index in [1.165, 1.54) is 0 Å². The topological polar surface area (TPSA) is 84.2 Å². The predicted molar refractivity (Wildman–Crippen MR) is 86.4 cm³/mol. The van der Waals surface area contributed by atoms with Crippen molar-refractivity contribution in [1.29, 1.82) is 0 Å². The van der Waals surface area contributed by atoms with E-state index < -0.39 is 22.8 Å². The molecule has 1 amide bonds. The Morgan fingerprint density at radius 1 is 1.27 bits per heavy atom. The number of halogens is 1. The SMILES string of the molecule is CC(C)(C)NC(=O)c1nn(-c2ccc(Br)cc2)c(=O)cc1O. The van der Waals surface area contributed by atoms with Gasteiger partial charge < -0.3 is 10.4 Å². The second-order valence-electron chi connectivity index (χ2n) is 5.81. The Morgan fingerprint density at radius 3 is 2.41 bits per heavy atom. The Kier molecular flexibility index (Phi) is 4.37. The van der Waals surface area contributed by atoms with Gasteiger partial charge in [0.2, 0.25) is 0 Å². The number of carbonyl (C=O) groups is 1. The molecule has 0 aliphatic heterocycles. The zero-order valence-electron chi connectivity index (χ0n) is 12.4. The van der Waals surface area contributed by atoms with Crippen LogP contribution >= 0.6 is 15.9 Å². The molecule has 6 nitrogen and oxygen atoms in total. The van der Waals surface area contributed by atoms with Gasteiger partial charge in [-0.05, 0) is 45.0 Å². The van der Waals surface area contributed by atoms with Gasteiger partial charge in [0.1, 0.15) is 0 Å². The van der Waals surface area contributed by atoms with Gasteiger partial charge in [-0.15, -0.1) is 0 Å². The average molecular weight is 366 g/mol. The summed E-state index contributed by atoms with van der Waals surface area (Å²) in [5, 5.41) is 16.5. The first-order valence-electron chi connectivity index (χ1n) is 6.59. The normalized spacial score (nSPS) is 11.3. The molecule has 0 aliphatic rings. The van der Waals surface area contributed by atoms with Crippen LogP contribution in [0.2, 0.25) is 0 Å². The van der Waals surface area contributed by atoms with Gasteiger partial charge in [-0.2, -0.15) is 9.78 Å². The van der Waals surface area contributed by atoms with Crippen molar-refractivity contribution >= 4 is 21.8 Å². The quantitative estimate of drug-likeness (QED) is 0.854. The molecule has 2 rings (SSSR count). The van der Waals surface area contributed by atoms with E-state index >= 15 is 0 Å². The maximum absolute atomic E-state index is 12.2. The lowest BCUT2D eigenvalue weighted by molar-refractivity contribution is 0.0909. The number of hydrogen-bond donors (Lipinski definition) is 2. The van der Waals surface area contributed by atoms with Crippen molar-refractivity contribution in [3.05, 3.63) is 50.9 Å². The minimum Gasteiger partial charge on any atom is -0.505 e. The molecule has 0 saturated heterocycles. The standard InChI is InChI=1S/C15H16BrN3O3/c1-15(2,3)17-14(22)13-11(20)8-12(21)19(18-13)10-6-4-9(16)5-7-10/h4-8,20H,1-3H3,(H,17,22). The molecule has 2 N–H and O–H groups in total. The molecule has 2 aromatic rings. The molecule has 0 saturated carbocycles. The highest BCUT2D eigenvalue weighted by molar-refractivity contribution is 9.10. The van der Waals surface area contributed by atoms with E-state index in [1.54, 1.807) is 24.3 Å². The highest BCUT2D eigenvalue weighted by atomic mass is 79.9. The van der Waals surface area contributed by atoms with E-state index in [9.17, 15) is 14.7 Å². The van der Waals surface area contributed by atoms with Crippen LogP contribution in [0.25, 0.3) is 5.69 Å². The summed E-state index contributed by atoms with van der Waals surface area (Å²) < 4.78 is 1.93. The zero-order valence-corrected chi connectivity index (χ0v) is 14.0. The molecule has 0 fully saturated rings. The van der Waals surface area contributed by atoms with Crippen molar-refractivity contribution in [1.82, 2.24) is 15.1 Å². The Labute approximate surface area is 135 Å². The summed E-state index contributed by atoms with van der Waals surface area (Å²) >= 11 is 3.31. The third-order valence-electron chi connectivity index (χ3n) is 2.69. The van der Waals surface area contributed by atoms with E-state index in [2.05, 4.69) is 26.3 Å². The van der Waals surface area contributed by atoms with Gasteiger partial charge in [0, 0.05) is 16.1 Å². The molecule has 0 bridgehead atoms. The molecule has 0 aliphatic carbocycles. The monoisotopic (exact) mass is 365 g/mol. The maximum atomic E-state index is 12.2. The Bertz CT molecular complexity index is 761. The van der Waals surface area contributed by atoms with Gasteiger partial charge in [-0.25, -0.2) is 0 Å². The zero-order chi connectivity index (χ0) is 16.5. The number of aromatic hydroxyl groups is 1. The summed E-state index contributed by atoms with van der Waals surface area (Å²) in [6, 6.07) is 7.85. The maximum Gasteiger partial charge on any atom is 0.276 e. The van der Waals surface area contributed by atoms with E-state index in [1.807, 2.05) is 20.8 Å². The summed E-state index contributed by atoms with van der Waals surface area (Å²) in [7, 11) is 0. The van der Waals surface area contributed by atoms with Gasteiger partial charge >= 0.3 is 0 Å². The minimum atomic E-state index is -0.545. The lowest BCUT2D eigenvalue weighted by Gasteiger charge is -2.20. The van der Waals surface area contributed by atoms with Crippen LogP contribution in [0.4, 0.5) is 0 Å². The molecule has 1 heterocycles. The minimum absolute atomic E-state index is 0.197. The van der Waals surface area contributed by atoms with Gasteiger partial charge in [0.25, 0.3) is 11.5 Å². The van der Waals surface area contributed by atoms with Crippen LogP contribution < -0.4 is 10.9 Å². The van der Waals surface area contributed by atoms with E-state index in [-0.39, 0.29) is 5.69 Å². The summed E-state index contributed by atoms with van der Waals surface area (Å²) in [4.78, 5) is 24.2. The number of rotatable bonds is 2. The number of benzene rings is 1. The van der Waals surface area contributed by atoms with Crippen molar-refractivity contribution < 1.29 is 9.90 Å². The molecule has 22 heavy (non-hydrogen) atoms. The molecule has 0 unspecified atom stereocenters. The van der Waals surface area contributed by atoms with Gasteiger partial charge in [0.15, 0.2) is 11.4 Å². The van der Waals surface area contributed by atoms with Crippen molar-refractivity contribution in [2.24, 2.45) is 0 Å². The second kappa shape index (κ2) is 5.92. The molecule has 1 aromatic heterocycles. The molecular formula is C15H16BrN3O3. The van der Waals surface area contributed by atoms with E-state index in [4.69, 9.17) is 0 Å². The fourth-order valence-electron chi connectivity index (χ4n) is 1.78. The molecule has 0 atom stereocenters. The number of hydrogen-bond acceptors (Lipinski definition) is 4. The number of amides is 1. The fourth-order valence-corrected chi connectivity index (χ4v) is 2.04. The Morgan fingerprint density at radius 2 is 1.86 bits per heavy atom. The highest BCUT2D eigenvalue weighted by Gasteiger charge is 2.21. The van der Waals surface area contributed by atoms with Crippen molar-refractivity contribution in [2.75, 3.05) is 0 Å². The summed E-state index contributed by atoms with van der Waals surface area (Å²) in [6.45, 7) is 5.44. The molecule has 116 valence electrons. The van der Waals surface area contributed by atoms with Crippen LogP contribution in [-0.2, 0) is 0 Å². The van der Waals surface area contributed by atoms with E-state index in [0.29, 0.717) is 5.69 Å². The van der Waals surface area contributed by atoms with Crippen LogP contribution in [0.15, 0.2) is 39.6 Å². The van der Waals surface area contributed by atoms with Crippen LogP contribution in [0, 0.1) is 0 Å². The van der Waals surface area contributed by atoms with Crippen LogP contribution in [0.1, 0.15) is 31.3 Å². The Hall–Kier alpha value is -2.15. The molecule has 7 heteroatoms. The molecule has 1 aromatic carbocycles. The van der Waals surface area contributed by atoms with Crippen molar-refractivity contribution in [3.8, 4) is 11.4 Å². The van der Waals surface area contributed by atoms with E-state index in [0.717, 1.165) is 15.2 Å². The first-order valence-corrected chi connectivity index (χ1v) is 7.38. The predicted octanol–water partition coefficient (Wildman–Crippen LogP) is 2.23. The molecule has 0 radical (unpaired) electrons. The average Bonchev–Trinajstić information content (AvgIpc) is 2.38. The number of nitrogens with one attached hydrogen (secondary N) is 1. The highest BCUT2D eigenvalue weighted by Crippen LogP contribution is 2.16. The lowest BCUT2D eigenvalue weighted by atomic mass is 10.1. The largest absolute Gasteiger partial charge is 0.505 e. The third kappa shape index (κ3) is 3.73. The first-order chi connectivity index (χ1) is 10.2. The van der Waals surface area contributed by atoms with Crippen LogP contribution in [0.3, 0.4) is 0 Å². The first kappa shape index (κ1) is 16.2. The number of carbonyl (C=O) groups excluding carboxylic acids is 1. The van der Waals surface area contributed by atoms with Crippen molar-refractivity contribution in [3.63, 3.8) is 0 Å². The molecular weight excluding hydrogens is 350 g/mol. The smallest absolute Gasteiger partial charge is 0.276 e. The summed E-state index contributed by atoms with van der Waals surface area (Å²) in [6.07, 6.45) is 0. The third-order valence-corrected chi connectivity index (χ3v) is 3.22. The second-order valence-corrected chi connectivity index (χ2v) is 6.72. The number of nitrogens with zero attached hydrogens (tertiary/aromatic N) is 2. The lowest BCUT2D eigenvalue weighted by Crippen LogP contribution is -2.41. The molecule has 0 spiro atoms. The fraction of sp³-hybridized carbons (Fsp3) is 0.267. The van der Waals surface area contributed by atoms with Crippen molar-refractivity contribution in [2.45, 2.75) is 26.3 Å². The Balaban J connectivity index is 2.49.